The average Bonchev–Trinajstić information content (AvgIpc) is 2.48. The number of nitrogens with two attached hydrogens (primary N) is 1. The highest BCUT2D eigenvalue weighted by molar-refractivity contribution is 5.58. The van der Waals surface area contributed by atoms with Crippen LogP contribution in [0.1, 0.15) is 23.6 Å². The Morgan fingerprint density at radius 3 is 2.65 bits per heavy atom. The first kappa shape index (κ1) is 14.3. The zero-order chi connectivity index (χ0) is 14.5. The summed E-state index contributed by atoms with van der Waals surface area (Å²) in [7, 11) is 2.04. The van der Waals surface area contributed by atoms with Crippen LogP contribution in [-0.2, 0) is 13.0 Å². The third-order valence-electron chi connectivity index (χ3n) is 3.44. The Hall–Kier alpha value is -2.14. The van der Waals surface area contributed by atoms with Gasteiger partial charge in [-0.2, -0.15) is 0 Å². The largest absolute Gasteiger partial charge is 0.355 e. The van der Waals surface area contributed by atoms with Gasteiger partial charge in [-0.3, -0.25) is 0 Å². The van der Waals surface area contributed by atoms with Gasteiger partial charge in [0.25, 0.3) is 0 Å². The standard InChI is InChI=1S/C15H21N5/c1-4-13-14(19-16)17-10-18-15(13)20(3)9-12-8-6-5-7-11(12)2/h5-8,10H,4,9,16H2,1-3H3,(H,17,18,19). The minimum atomic E-state index is 0.689. The number of rotatable bonds is 5. The highest BCUT2D eigenvalue weighted by atomic mass is 15.3. The number of aryl methyl sites for hydroxylation is 1. The lowest BCUT2D eigenvalue weighted by Crippen LogP contribution is -2.22. The van der Waals surface area contributed by atoms with Crippen molar-refractivity contribution in [2.24, 2.45) is 5.84 Å². The monoisotopic (exact) mass is 271 g/mol. The van der Waals surface area contributed by atoms with Crippen molar-refractivity contribution in [1.82, 2.24) is 9.97 Å². The molecule has 0 atom stereocenters. The van der Waals surface area contributed by atoms with Crippen LogP contribution in [0.4, 0.5) is 11.6 Å². The van der Waals surface area contributed by atoms with Gasteiger partial charge in [0.1, 0.15) is 18.0 Å². The van der Waals surface area contributed by atoms with Gasteiger partial charge in [-0.05, 0) is 24.5 Å². The van der Waals surface area contributed by atoms with Crippen LogP contribution in [0.15, 0.2) is 30.6 Å². The van der Waals surface area contributed by atoms with Crippen molar-refractivity contribution in [2.45, 2.75) is 26.8 Å². The van der Waals surface area contributed by atoms with E-state index in [1.54, 1.807) is 0 Å². The quantitative estimate of drug-likeness (QED) is 0.645. The summed E-state index contributed by atoms with van der Waals surface area (Å²) in [5, 5.41) is 0. The van der Waals surface area contributed by atoms with Crippen LogP contribution < -0.4 is 16.2 Å². The second-order valence-corrected chi connectivity index (χ2v) is 4.80. The lowest BCUT2D eigenvalue weighted by Gasteiger charge is -2.22. The van der Waals surface area contributed by atoms with E-state index in [1.165, 1.54) is 17.5 Å². The van der Waals surface area contributed by atoms with Crippen molar-refractivity contribution < 1.29 is 0 Å². The fourth-order valence-corrected chi connectivity index (χ4v) is 2.30. The molecular formula is C15H21N5. The second kappa shape index (κ2) is 6.34. The summed E-state index contributed by atoms with van der Waals surface area (Å²) in [6, 6.07) is 8.37. The van der Waals surface area contributed by atoms with Crippen molar-refractivity contribution in [1.29, 1.82) is 0 Å². The maximum Gasteiger partial charge on any atom is 0.148 e. The van der Waals surface area contributed by atoms with E-state index in [2.05, 4.69) is 58.4 Å². The summed E-state index contributed by atoms with van der Waals surface area (Å²) in [6.45, 7) is 5.00. The van der Waals surface area contributed by atoms with E-state index in [9.17, 15) is 0 Å². The van der Waals surface area contributed by atoms with E-state index in [0.717, 1.165) is 24.3 Å². The number of hydrazine groups is 1. The maximum absolute atomic E-state index is 5.51. The van der Waals surface area contributed by atoms with Gasteiger partial charge < -0.3 is 10.3 Å². The molecule has 1 aromatic carbocycles. The number of nitrogens with zero attached hydrogens (tertiary/aromatic N) is 3. The van der Waals surface area contributed by atoms with Crippen molar-refractivity contribution in [3.8, 4) is 0 Å². The Morgan fingerprint density at radius 2 is 2.00 bits per heavy atom. The molecule has 0 fully saturated rings. The van der Waals surface area contributed by atoms with Gasteiger partial charge in [0.2, 0.25) is 0 Å². The highest BCUT2D eigenvalue weighted by Crippen LogP contribution is 2.24. The first-order valence-corrected chi connectivity index (χ1v) is 6.73. The summed E-state index contributed by atoms with van der Waals surface area (Å²) in [4.78, 5) is 10.7. The molecular weight excluding hydrogens is 250 g/mol. The zero-order valence-corrected chi connectivity index (χ0v) is 12.2. The van der Waals surface area contributed by atoms with Crippen LogP contribution in [-0.4, -0.2) is 17.0 Å². The third-order valence-corrected chi connectivity index (χ3v) is 3.44. The molecule has 2 aromatic rings. The summed E-state index contributed by atoms with van der Waals surface area (Å²) in [5.41, 5.74) is 6.24. The van der Waals surface area contributed by atoms with Gasteiger partial charge in [0.05, 0.1) is 0 Å². The van der Waals surface area contributed by atoms with E-state index in [-0.39, 0.29) is 0 Å². The smallest absolute Gasteiger partial charge is 0.148 e. The SMILES string of the molecule is CCc1c(NN)ncnc1N(C)Cc1ccccc1C. The number of hydrogen-bond donors (Lipinski definition) is 2. The number of anilines is 2. The summed E-state index contributed by atoms with van der Waals surface area (Å²) < 4.78 is 0. The van der Waals surface area contributed by atoms with Crippen LogP contribution >= 0.6 is 0 Å². The van der Waals surface area contributed by atoms with E-state index >= 15 is 0 Å². The molecule has 5 heteroatoms. The van der Waals surface area contributed by atoms with Crippen LogP contribution in [0.25, 0.3) is 0 Å². The van der Waals surface area contributed by atoms with Crippen LogP contribution in [0, 0.1) is 6.92 Å². The Bertz CT molecular complexity index is 582. The van der Waals surface area contributed by atoms with E-state index < -0.39 is 0 Å². The molecule has 0 bridgehead atoms. The molecule has 20 heavy (non-hydrogen) atoms. The minimum absolute atomic E-state index is 0.689. The molecule has 0 aliphatic rings. The van der Waals surface area contributed by atoms with Gasteiger partial charge in [0.15, 0.2) is 0 Å². The average molecular weight is 271 g/mol. The van der Waals surface area contributed by atoms with Gasteiger partial charge >= 0.3 is 0 Å². The van der Waals surface area contributed by atoms with Crippen molar-refractivity contribution in [3.05, 3.63) is 47.3 Å². The molecule has 0 unspecified atom stereocenters. The summed E-state index contributed by atoms with van der Waals surface area (Å²) in [6.07, 6.45) is 2.37. The molecule has 1 heterocycles. The predicted molar refractivity (Wildman–Crippen MR) is 82.5 cm³/mol. The maximum atomic E-state index is 5.51. The molecule has 2 rings (SSSR count). The minimum Gasteiger partial charge on any atom is -0.355 e. The van der Waals surface area contributed by atoms with Crippen molar-refractivity contribution in [2.75, 3.05) is 17.4 Å². The predicted octanol–water partition coefficient (Wildman–Crippen LogP) is 2.27. The summed E-state index contributed by atoms with van der Waals surface area (Å²) in [5.74, 6) is 7.12. The van der Waals surface area contributed by atoms with Gasteiger partial charge in [-0.15, -0.1) is 0 Å². The Kier molecular flexibility index (Phi) is 4.53. The van der Waals surface area contributed by atoms with E-state index in [1.807, 2.05) is 7.05 Å². The first-order valence-electron chi connectivity index (χ1n) is 6.73. The normalized spacial score (nSPS) is 10.4. The van der Waals surface area contributed by atoms with Crippen LogP contribution in [0.2, 0.25) is 0 Å². The fraction of sp³-hybridized carbons (Fsp3) is 0.333. The zero-order valence-electron chi connectivity index (χ0n) is 12.2. The lowest BCUT2D eigenvalue weighted by molar-refractivity contribution is 0.865. The molecule has 0 saturated carbocycles. The molecule has 0 aliphatic carbocycles. The number of nitrogen functional groups attached to an aromatic ring is 1. The Labute approximate surface area is 119 Å². The number of benzene rings is 1. The van der Waals surface area contributed by atoms with Gasteiger partial charge in [-0.1, -0.05) is 31.2 Å². The number of nitrogens with one attached hydrogen (secondary N) is 1. The second-order valence-electron chi connectivity index (χ2n) is 4.80. The molecule has 0 aliphatic heterocycles. The molecule has 0 radical (unpaired) electrons. The number of aromatic nitrogens is 2. The molecule has 1 aromatic heterocycles. The summed E-state index contributed by atoms with van der Waals surface area (Å²) >= 11 is 0. The molecule has 0 spiro atoms. The van der Waals surface area contributed by atoms with E-state index in [4.69, 9.17) is 5.84 Å². The Balaban J connectivity index is 2.30. The molecule has 3 N–H and O–H groups in total. The highest BCUT2D eigenvalue weighted by Gasteiger charge is 2.13. The molecule has 106 valence electrons. The fourth-order valence-electron chi connectivity index (χ4n) is 2.30. The first-order chi connectivity index (χ1) is 9.67. The molecule has 5 nitrogen and oxygen atoms in total. The molecule has 0 saturated heterocycles. The lowest BCUT2D eigenvalue weighted by atomic mass is 10.1. The van der Waals surface area contributed by atoms with Crippen molar-refractivity contribution >= 4 is 11.6 Å². The van der Waals surface area contributed by atoms with Crippen LogP contribution in [0.5, 0.6) is 0 Å². The van der Waals surface area contributed by atoms with Crippen molar-refractivity contribution in [3.63, 3.8) is 0 Å². The van der Waals surface area contributed by atoms with Crippen LogP contribution in [0.3, 0.4) is 0 Å². The third kappa shape index (κ3) is 2.88. The van der Waals surface area contributed by atoms with E-state index in [0.29, 0.717) is 5.82 Å². The van der Waals surface area contributed by atoms with Gasteiger partial charge in [-0.25, -0.2) is 15.8 Å². The number of hydrogen-bond acceptors (Lipinski definition) is 5. The Morgan fingerprint density at radius 1 is 1.25 bits per heavy atom. The van der Waals surface area contributed by atoms with Gasteiger partial charge in [0, 0.05) is 19.2 Å². The molecule has 0 amide bonds. The topological polar surface area (TPSA) is 67.1 Å².